The van der Waals surface area contributed by atoms with Gasteiger partial charge in [0.2, 0.25) is 0 Å². The zero-order valence-corrected chi connectivity index (χ0v) is 12.2. The highest BCUT2D eigenvalue weighted by molar-refractivity contribution is 7.15. The van der Waals surface area contributed by atoms with Crippen molar-refractivity contribution in [1.82, 2.24) is 15.3 Å². The Balaban J connectivity index is 2.13. The highest BCUT2D eigenvalue weighted by atomic mass is 35.5. The third-order valence-corrected chi connectivity index (χ3v) is 3.79. The molecule has 0 saturated carbocycles. The Hall–Kier alpha value is -0.680. The molecule has 0 radical (unpaired) electrons. The summed E-state index contributed by atoms with van der Waals surface area (Å²) in [5.41, 5.74) is 0.688. The van der Waals surface area contributed by atoms with Crippen LogP contribution in [0, 0.1) is 0 Å². The molecule has 2 aromatic heterocycles. The zero-order chi connectivity index (χ0) is 13.0. The van der Waals surface area contributed by atoms with E-state index in [1.165, 1.54) is 4.88 Å². The minimum absolute atomic E-state index is 0.532. The van der Waals surface area contributed by atoms with Crippen molar-refractivity contribution < 1.29 is 0 Å². The van der Waals surface area contributed by atoms with Crippen LogP contribution in [0.3, 0.4) is 0 Å². The molecule has 0 fully saturated rings. The van der Waals surface area contributed by atoms with Gasteiger partial charge in [-0.2, -0.15) is 0 Å². The summed E-state index contributed by atoms with van der Waals surface area (Å²) in [6.07, 6.45) is 4.56. The molecule has 6 heteroatoms. The molecule has 0 atom stereocenters. The third kappa shape index (κ3) is 3.42. The highest BCUT2D eigenvalue weighted by Crippen LogP contribution is 2.30. The molecule has 0 aromatic carbocycles. The number of halogens is 2. The maximum atomic E-state index is 6.10. The highest BCUT2D eigenvalue weighted by Gasteiger charge is 2.10. The summed E-state index contributed by atoms with van der Waals surface area (Å²) in [5.74, 6) is 0. The maximum Gasteiger partial charge on any atom is 0.143 e. The standard InChI is InChI=1S/C12H13Cl2N3S/c1-2-3-15-6-9-7-17-12(18-9)11-10(14)4-8(13)5-16-11/h4-5,7,15H,2-3,6H2,1H3. The van der Waals surface area contributed by atoms with Crippen LogP contribution in [0.5, 0.6) is 0 Å². The minimum Gasteiger partial charge on any atom is -0.312 e. The first-order valence-electron chi connectivity index (χ1n) is 5.67. The number of nitrogens with one attached hydrogen (secondary N) is 1. The Labute approximate surface area is 120 Å². The van der Waals surface area contributed by atoms with E-state index >= 15 is 0 Å². The monoisotopic (exact) mass is 301 g/mol. The second kappa shape index (κ2) is 6.48. The predicted octanol–water partition coefficient (Wildman–Crippen LogP) is 4.01. The molecule has 0 unspecified atom stereocenters. The van der Waals surface area contributed by atoms with E-state index in [-0.39, 0.29) is 0 Å². The van der Waals surface area contributed by atoms with Crippen molar-refractivity contribution in [3.8, 4) is 10.7 Å². The van der Waals surface area contributed by atoms with E-state index in [1.807, 2.05) is 6.20 Å². The fourth-order valence-corrected chi connectivity index (χ4v) is 2.88. The molecule has 0 amide bonds. The summed E-state index contributed by atoms with van der Waals surface area (Å²) in [4.78, 5) is 9.74. The van der Waals surface area contributed by atoms with Crippen LogP contribution in [-0.4, -0.2) is 16.5 Å². The smallest absolute Gasteiger partial charge is 0.143 e. The van der Waals surface area contributed by atoms with E-state index in [0.29, 0.717) is 15.7 Å². The normalized spacial score (nSPS) is 10.8. The third-order valence-electron chi connectivity index (χ3n) is 2.29. The van der Waals surface area contributed by atoms with Crippen LogP contribution in [0.2, 0.25) is 10.0 Å². The quantitative estimate of drug-likeness (QED) is 0.848. The first kappa shape index (κ1) is 13.7. The maximum absolute atomic E-state index is 6.10. The number of rotatable bonds is 5. The van der Waals surface area contributed by atoms with Crippen molar-refractivity contribution in [2.75, 3.05) is 6.54 Å². The lowest BCUT2D eigenvalue weighted by Gasteiger charge is -2.00. The Morgan fingerprint density at radius 3 is 2.83 bits per heavy atom. The van der Waals surface area contributed by atoms with Crippen molar-refractivity contribution in [3.63, 3.8) is 0 Å². The van der Waals surface area contributed by atoms with Crippen molar-refractivity contribution in [2.45, 2.75) is 19.9 Å². The molecular formula is C12H13Cl2N3S. The molecule has 0 aliphatic carbocycles. The van der Waals surface area contributed by atoms with Gasteiger partial charge in [0.05, 0.1) is 10.0 Å². The molecule has 1 N–H and O–H groups in total. The van der Waals surface area contributed by atoms with Gasteiger partial charge >= 0.3 is 0 Å². The Bertz CT molecular complexity index is 528. The number of nitrogens with zero attached hydrogens (tertiary/aromatic N) is 2. The molecule has 3 nitrogen and oxygen atoms in total. The van der Waals surface area contributed by atoms with Crippen LogP contribution in [-0.2, 0) is 6.54 Å². The van der Waals surface area contributed by atoms with Gasteiger partial charge in [0.25, 0.3) is 0 Å². The number of hydrogen-bond donors (Lipinski definition) is 1. The van der Waals surface area contributed by atoms with Crippen molar-refractivity contribution in [2.24, 2.45) is 0 Å². The molecule has 2 heterocycles. The lowest BCUT2D eigenvalue weighted by molar-refractivity contribution is 0.681. The summed E-state index contributed by atoms with van der Waals surface area (Å²) in [6.45, 7) is 3.98. The summed E-state index contributed by atoms with van der Waals surface area (Å²) >= 11 is 13.5. The van der Waals surface area contributed by atoms with Crippen LogP contribution in [0.1, 0.15) is 18.2 Å². The van der Waals surface area contributed by atoms with Crippen LogP contribution >= 0.6 is 34.5 Å². The van der Waals surface area contributed by atoms with Crippen molar-refractivity contribution >= 4 is 34.5 Å². The number of thiazole rings is 1. The minimum atomic E-state index is 0.532. The average Bonchev–Trinajstić information content (AvgIpc) is 2.78. The van der Waals surface area contributed by atoms with E-state index in [2.05, 4.69) is 22.2 Å². The van der Waals surface area contributed by atoms with Gasteiger partial charge in [0.15, 0.2) is 0 Å². The van der Waals surface area contributed by atoms with E-state index in [0.717, 1.165) is 24.5 Å². The fraction of sp³-hybridized carbons (Fsp3) is 0.333. The second-order valence-corrected chi connectivity index (χ2v) is 5.75. The molecule has 96 valence electrons. The Morgan fingerprint density at radius 2 is 2.11 bits per heavy atom. The zero-order valence-electron chi connectivity index (χ0n) is 9.91. The lowest BCUT2D eigenvalue weighted by Crippen LogP contribution is -2.12. The Morgan fingerprint density at radius 1 is 1.28 bits per heavy atom. The molecule has 18 heavy (non-hydrogen) atoms. The predicted molar refractivity (Wildman–Crippen MR) is 77.4 cm³/mol. The summed E-state index contributed by atoms with van der Waals surface area (Å²) in [6, 6.07) is 1.68. The average molecular weight is 302 g/mol. The lowest BCUT2D eigenvalue weighted by atomic mass is 10.3. The molecular weight excluding hydrogens is 289 g/mol. The molecule has 0 spiro atoms. The molecule has 2 aromatic rings. The number of aromatic nitrogens is 2. The molecule has 0 aliphatic rings. The summed E-state index contributed by atoms with van der Waals surface area (Å²) < 4.78 is 0. The van der Waals surface area contributed by atoms with Gasteiger partial charge in [-0.3, -0.25) is 4.98 Å². The van der Waals surface area contributed by atoms with Gasteiger partial charge in [-0.25, -0.2) is 4.98 Å². The van der Waals surface area contributed by atoms with Gasteiger partial charge in [-0.1, -0.05) is 30.1 Å². The second-order valence-electron chi connectivity index (χ2n) is 3.79. The van der Waals surface area contributed by atoms with Crippen LogP contribution in [0.25, 0.3) is 10.7 Å². The number of hydrogen-bond acceptors (Lipinski definition) is 4. The first-order valence-corrected chi connectivity index (χ1v) is 7.24. The molecule has 0 saturated heterocycles. The van der Waals surface area contributed by atoms with Gasteiger partial charge in [0.1, 0.15) is 10.7 Å². The first-order chi connectivity index (χ1) is 8.70. The Kier molecular flexibility index (Phi) is 4.95. The molecule has 2 rings (SSSR count). The molecule has 0 aliphatic heterocycles. The summed E-state index contributed by atoms with van der Waals surface area (Å²) in [7, 11) is 0. The number of pyridine rings is 1. The SMILES string of the molecule is CCCNCc1cnc(-c2ncc(Cl)cc2Cl)s1. The van der Waals surface area contributed by atoms with Crippen LogP contribution in [0.15, 0.2) is 18.5 Å². The molecule has 0 bridgehead atoms. The van der Waals surface area contributed by atoms with E-state index < -0.39 is 0 Å². The summed E-state index contributed by atoms with van der Waals surface area (Å²) in [5, 5.41) is 5.22. The fourth-order valence-electron chi connectivity index (χ4n) is 1.46. The van der Waals surface area contributed by atoms with Gasteiger partial charge in [0, 0.05) is 23.8 Å². The van der Waals surface area contributed by atoms with E-state index in [4.69, 9.17) is 23.2 Å². The van der Waals surface area contributed by atoms with Gasteiger partial charge in [-0.15, -0.1) is 11.3 Å². The van der Waals surface area contributed by atoms with Crippen LogP contribution in [0.4, 0.5) is 0 Å². The topological polar surface area (TPSA) is 37.8 Å². The van der Waals surface area contributed by atoms with Crippen LogP contribution < -0.4 is 5.32 Å². The van der Waals surface area contributed by atoms with Gasteiger partial charge in [-0.05, 0) is 19.0 Å². The van der Waals surface area contributed by atoms with Crippen molar-refractivity contribution in [3.05, 3.63) is 33.4 Å². The van der Waals surface area contributed by atoms with Gasteiger partial charge < -0.3 is 5.32 Å². The van der Waals surface area contributed by atoms with E-state index in [1.54, 1.807) is 23.6 Å². The largest absolute Gasteiger partial charge is 0.312 e. The van der Waals surface area contributed by atoms with E-state index in [9.17, 15) is 0 Å². The van der Waals surface area contributed by atoms with Crippen molar-refractivity contribution in [1.29, 1.82) is 0 Å².